The van der Waals surface area contributed by atoms with Crippen LogP contribution >= 0.6 is 0 Å². The van der Waals surface area contributed by atoms with Gasteiger partial charge in [-0.15, -0.1) is 6.58 Å². The minimum Gasteiger partial charge on any atom is -0.103 e. The van der Waals surface area contributed by atoms with Gasteiger partial charge in [-0.1, -0.05) is 19.9 Å². The maximum Gasteiger partial charge on any atom is -0.0264 e. The van der Waals surface area contributed by atoms with Crippen LogP contribution in [0.2, 0.25) is 0 Å². The molecule has 4 rings (SSSR count). The van der Waals surface area contributed by atoms with Crippen LogP contribution in [0.4, 0.5) is 0 Å². The van der Waals surface area contributed by atoms with E-state index in [4.69, 9.17) is 0 Å². The molecule has 0 amide bonds. The molecule has 0 N–H and O–H groups in total. The Labute approximate surface area is 138 Å². The topological polar surface area (TPSA) is 0 Å². The van der Waals surface area contributed by atoms with Crippen molar-refractivity contribution >= 4 is 0 Å². The predicted octanol–water partition coefficient (Wildman–Crippen LogP) is 6.43. The average molecular weight is 300 g/mol. The minimum absolute atomic E-state index is 0.602. The Bertz CT molecular complexity index is 437. The molecule has 0 heteroatoms. The Morgan fingerprint density at radius 2 is 1.91 bits per heavy atom. The standard InChI is InChI=1S/C22H35/c1-4-6-16-10-14-22(3)17(15-16)8-9-18-19-7-5-12-21(19,2)13-11-20(18)22/h4,12,16-20H,1,5-11,13-15H2,2-3H3/t16?,17?,18-,19-,20-,21-,22-/m0/s1. The van der Waals surface area contributed by atoms with E-state index in [0.29, 0.717) is 10.8 Å². The van der Waals surface area contributed by atoms with Gasteiger partial charge < -0.3 is 0 Å². The molecule has 0 nitrogen and oxygen atoms in total. The van der Waals surface area contributed by atoms with E-state index in [1.165, 1.54) is 57.8 Å². The molecule has 2 unspecified atom stereocenters. The Balaban J connectivity index is 1.55. The summed E-state index contributed by atoms with van der Waals surface area (Å²) < 4.78 is 0. The van der Waals surface area contributed by atoms with Crippen molar-refractivity contribution in [1.29, 1.82) is 0 Å². The Morgan fingerprint density at radius 3 is 2.73 bits per heavy atom. The van der Waals surface area contributed by atoms with E-state index < -0.39 is 0 Å². The molecule has 0 bridgehead atoms. The van der Waals surface area contributed by atoms with E-state index in [0.717, 1.165) is 29.6 Å². The van der Waals surface area contributed by atoms with Crippen molar-refractivity contribution in [2.24, 2.45) is 40.4 Å². The van der Waals surface area contributed by atoms with E-state index in [2.05, 4.69) is 32.9 Å². The van der Waals surface area contributed by atoms with Gasteiger partial charge in [-0.05, 0) is 111 Å². The first-order valence-corrected chi connectivity index (χ1v) is 10.0. The summed E-state index contributed by atoms with van der Waals surface area (Å²) in [5.41, 5.74) is 1.27. The molecule has 0 saturated heterocycles. The van der Waals surface area contributed by atoms with Gasteiger partial charge in [0.2, 0.25) is 0 Å². The van der Waals surface area contributed by atoms with Gasteiger partial charge in [-0.25, -0.2) is 0 Å². The van der Waals surface area contributed by atoms with Crippen molar-refractivity contribution in [3.8, 4) is 0 Å². The second-order valence-electron chi connectivity index (χ2n) is 9.65. The molecule has 1 radical (unpaired) electrons. The summed E-state index contributed by atoms with van der Waals surface area (Å²) in [6.07, 6.45) is 19.6. The summed E-state index contributed by atoms with van der Waals surface area (Å²) in [6.45, 7) is 9.26. The molecule has 4 aliphatic rings. The van der Waals surface area contributed by atoms with Crippen molar-refractivity contribution in [2.75, 3.05) is 0 Å². The second kappa shape index (κ2) is 5.38. The Kier molecular flexibility index (Phi) is 3.74. The zero-order valence-electron chi connectivity index (χ0n) is 14.8. The highest BCUT2D eigenvalue weighted by Crippen LogP contribution is 2.66. The molecular weight excluding hydrogens is 264 g/mol. The fraction of sp³-hybridized carbons (Fsp3) is 0.864. The van der Waals surface area contributed by atoms with Crippen LogP contribution in [0.25, 0.3) is 0 Å². The predicted molar refractivity (Wildman–Crippen MR) is 94.3 cm³/mol. The van der Waals surface area contributed by atoms with Crippen LogP contribution in [-0.2, 0) is 0 Å². The number of hydrogen-bond donors (Lipinski definition) is 0. The van der Waals surface area contributed by atoms with Gasteiger partial charge in [0, 0.05) is 0 Å². The van der Waals surface area contributed by atoms with Crippen molar-refractivity contribution < 1.29 is 0 Å². The summed E-state index contributed by atoms with van der Waals surface area (Å²) in [4.78, 5) is 0. The van der Waals surface area contributed by atoms with Crippen molar-refractivity contribution in [2.45, 2.75) is 78.1 Å². The lowest BCUT2D eigenvalue weighted by Gasteiger charge is -2.60. The molecule has 0 aromatic rings. The van der Waals surface area contributed by atoms with Crippen molar-refractivity contribution in [3.05, 3.63) is 19.1 Å². The third kappa shape index (κ3) is 2.15. The molecule has 0 spiro atoms. The zero-order valence-corrected chi connectivity index (χ0v) is 14.8. The van der Waals surface area contributed by atoms with Crippen LogP contribution in [0, 0.1) is 46.8 Å². The first-order chi connectivity index (χ1) is 10.6. The van der Waals surface area contributed by atoms with Crippen LogP contribution in [0.5, 0.6) is 0 Å². The van der Waals surface area contributed by atoms with Crippen LogP contribution in [-0.4, -0.2) is 0 Å². The zero-order chi connectivity index (χ0) is 15.4. The summed E-state index contributed by atoms with van der Waals surface area (Å²) >= 11 is 0. The minimum atomic E-state index is 0.602. The maximum atomic E-state index is 3.98. The van der Waals surface area contributed by atoms with Crippen molar-refractivity contribution in [1.82, 2.24) is 0 Å². The van der Waals surface area contributed by atoms with Gasteiger partial charge in [-0.2, -0.15) is 0 Å². The highest BCUT2D eigenvalue weighted by atomic mass is 14.6. The molecule has 0 heterocycles. The summed E-state index contributed by atoms with van der Waals surface area (Å²) in [7, 11) is 0. The summed E-state index contributed by atoms with van der Waals surface area (Å²) in [5.74, 6) is 5.08. The first kappa shape index (κ1) is 15.3. The third-order valence-electron chi connectivity index (χ3n) is 8.80. The van der Waals surface area contributed by atoms with Gasteiger partial charge in [0.15, 0.2) is 0 Å². The Hall–Kier alpha value is -0.260. The highest BCUT2D eigenvalue weighted by molar-refractivity contribution is 5.11. The molecule has 7 atom stereocenters. The fourth-order valence-electron chi connectivity index (χ4n) is 7.53. The number of hydrogen-bond acceptors (Lipinski definition) is 0. The maximum absolute atomic E-state index is 3.98. The van der Waals surface area contributed by atoms with Gasteiger partial charge in [0.25, 0.3) is 0 Å². The molecule has 4 saturated carbocycles. The molecule has 0 aromatic carbocycles. The molecule has 123 valence electrons. The SMILES string of the molecule is C=CCC1CC[C@@]2(C)C(CC[C@H]3[C@@H]4CC[CH][C@@]4(C)CC[C@@H]32)C1. The largest absolute Gasteiger partial charge is 0.103 e. The molecule has 0 aromatic heterocycles. The molecule has 0 aliphatic heterocycles. The highest BCUT2D eigenvalue weighted by Gasteiger charge is 2.57. The number of allylic oxidation sites excluding steroid dienone is 1. The van der Waals surface area contributed by atoms with E-state index >= 15 is 0 Å². The van der Waals surface area contributed by atoms with Gasteiger partial charge in [0.05, 0.1) is 0 Å². The molecular formula is C22H35. The fourth-order valence-corrected chi connectivity index (χ4v) is 7.53. The van der Waals surface area contributed by atoms with E-state index in [9.17, 15) is 0 Å². The van der Waals surface area contributed by atoms with Gasteiger partial charge in [-0.3, -0.25) is 0 Å². The lowest BCUT2D eigenvalue weighted by Crippen LogP contribution is -2.52. The lowest BCUT2D eigenvalue weighted by molar-refractivity contribution is -0.106. The molecule has 4 fully saturated rings. The Morgan fingerprint density at radius 1 is 1.05 bits per heavy atom. The van der Waals surface area contributed by atoms with E-state index in [1.54, 1.807) is 6.42 Å². The van der Waals surface area contributed by atoms with Crippen LogP contribution in [0.1, 0.15) is 78.1 Å². The third-order valence-corrected chi connectivity index (χ3v) is 8.80. The quantitative estimate of drug-likeness (QED) is 0.516. The van der Waals surface area contributed by atoms with Crippen LogP contribution in [0.3, 0.4) is 0 Å². The summed E-state index contributed by atoms with van der Waals surface area (Å²) in [6, 6.07) is 0. The van der Waals surface area contributed by atoms with Crippen LogP contribution in [0.15, 0.2) is 12.7 Å². The summed E-state index contributed by atoms with van der Waals surface area (Å²) in [5, 5.41) is 0. The van der Waals surface area contributed by atoms with E-state index in [1.807, 2.05) is 0 Å². The second-order valence-corrected chi connectivity index (χ2v) is 9.65. The molecule has 4 aliphatic carbocycles. The normalized spacial score (nSPS) is 54.2. The van der Waals surface area contributed by atoms with E-state index in [-0.39, 0.29) is 0 Å². The van der Waals surface area contributed by atoms with Crippen LogP contribution < -0.4 is 0 Å². The number of rotatable bonds is 2. The number of fused-ring (bicyclic) bond motifs is 5. The first-order valence-electron chi connectivity index (χ1n) is 10.0. The molecule has 22 heavy (non-hydrogen) atoms. The van der Waals surface area contributed by atoms with Crippen molar-refractivity contribution in [3.63, 3.8) is 0 Å². The lowest BCUT2D eigenvalue weighted by atomic mass is 9.44. The monoisotopic (exact) mass is 299 g/mol. The average Bonchev–Trinajstić information content (AvgIpc) is 2.89. The van der Waals surface area contributed by atoms with Gasteiger partial charge >= 0.3 is 0 Å². The smallest absolute Gasteiger partial charge is 0.0264 e. The van der Waals surface area contributed by atoms with Gasteiger partial charge in [0.1, 0.15) is 0 Å².